The number of carbonyl (C=O) groups is 1. The number of rotatable bonds is 7. The van der Waals surface area contributed by atoms with Crippen LogP contribution in [0.2, 0.25) is 0 Å². The molecule has 4 heteroatoms. The summed E-state index contributed by atoms with van der Waals surface area (Å²) in [6.45, 7) is 4.00. The highest BCUT2D eigenvalue weighted by Gasteiger charge is 2.14. The molecule has 0 fully saturated rings. The molecule has 3 aromatic rings. The van der Waals surface area contributed by atoms with Crippen molar-refractivity contribution in [3.05, 3.63) is 90.0 Å². The first kappa shape index (κ1) is 19.6. The molecule has 0 aromatic heterocycles. The maximum absolute atomic E-state index is 12.4. The molecule has 0 saturated heterocycles. The van der Waals surface area contributed by atoms with Gasteiger partial charge in [0.15, 0.2) is 0 Å². The summed E-state index contributed by atoms with van der Waals surface area (Å²) < 4.78 is 0. The Morgan fingerprint density at radius 2 is 1.56 bits per heavy atom. The van der Waals surface area contributed by atoms with Gasteiger partial charge in [-0.1, -0.05) is 48.0 Å². The van der Waals surface area contributed by atoms with E-state index >= 15 is 0 Å². The van der Waals surface area contributed by atoms with Crippen molar-refractivity contribution < 1.29 is 4.79 Å². The van der Waals surface area contributed by atoms with E-state index in [2.05, 4.69) is 72.9 Å². The predicted molar refractivity (Wildman–Crippen MR) is 118 cm³/mol. The molecule has 0 unspecified atom stereocenters. The van der Waals surface area contributed by atoms with Gasteiger partial charge in [-0.05, 0) is 55.8 Å². The van der Waals surface area contributed by atoms with E-state index < -0.39 is 0 Å². The van der Waals surface area contributed by atoms with Crippen molar-refractivity contribution in [1.29, 1.82) is 0 Å². The quantitative estimate of drug-likeness (QED) is 0.470. The van der Waals surface area contributed by atoms with Crippen LogP contribution in [0.25, 0.3) is 0 Å². The van der Waals surface area contributed by atoms with Crippen molar-refractivity contribution in [2.24, 2.45) is 0 Å². The number of anilines is 1. The second kappa shape index (κ2) is 9.67. The first-order chi connectivity index (χ1) is 13.1. The minimum atomic E-state index is -0.152. The van der Waals surface area contributed by atoms with Gasteiger partial charge in [0.2, 0.25) is 5.91 Å². The Kier molecular flexibility index (Phi) is 7.02. The largest absolute Gasteiger partial charge is 0.325 e. The highest BCUT2D eigenvalue weighted by molar-refractivity contribution is 8.00. The Hall–Kier alpha value is -2.17. The number of thioether (sulfide) groups is 2. The Bertz CT molecular complexity index is 861. The minimum absolute atomic E-state index is 0.0204. The summed E-state index contributed by atoms with van der Waals surface area (Å²) in [5, 5.41) is 2.86. The van der Waals surface area contributed by atoms with E-state index in [1.54, 1.807) is 11.8 Å². The average Bonchev–Trinajstić information content (AvgIpc) is 2.70. The molecule has 3 aromatic carbocycles. The van der Waals surface area contributed by atoms with E-state index in [9.17, 15) is 4.79 Å². The van der Waals surface area contributed by atoms with Gasteiger partial charge in [-0.15, -0.1) is 23.5 Å². The van der Waals surface area contributed by atoms with E-state index in [-0.39, 0.29) is 11.2 Å². The van der Waals surface area contributed by atoms with Gasteiger partial charge in [-0.2, -0.15) is 0 Å². The van der Waals surface area contributed by atoms with Gasteiger partial charge >= 0.3 is 0 Å². The lowest BCUT2D eigenvalue weighted by atomic mass is 10.2. The highest BCUT2D eigenvalue weighted by atomic mass is 32.2. The molecule has 1 atom stereocenters. The Labute approximate surface area is 169 Å². The van der Waals surface area contributed by atoms with Crippen LogP contribution in [-0.4, -0.2) is 11.2 Å². The lowest BCUT2D eigenvalue weighted by molar-refractivity contribution is -0.115. The van der Waals surface area contributed by atoms with Crippen molar-refractivity contribution in [3.8, 4) is 0 Å². The monoisotopic (exact) mass is 393 g/mol. The van der Waals surface area contributed by atoms with Gasteiger partial charge in [0.1, 0.15) is 0 Å². The van der Waals surface area contributed by atoms with Crippen molar-refractivity contribution >= 4 is 35.1 Å². The van der Waals surface area contributed by atoms with Crippen LogP contribution in [0.5, 0.6) is 0 Å². The normalized spacial score (nSPS) is 11.8. The van der Waals surface area contributed by atoms with Crippen LogP contribution in [0.1, 0.15) is 18.1 Å². The van der Waals surface area contributed by atoms with Crippen molar-refractivity contribution in [2.75, 3.05) is 5.32 Å². The van der Waals surface area contributed by atoms with Crippen LogP contribution in [0.3, 0.4) is 0 Å². The maximum Gasteiger partial charge on any atom is 0.237 e. The number of benzene rings is 3. The van der Waals surface area contributed by atoms with E-state index in [1.807, 2.05) is 36.9 Å². The van der Waals surface area contributed by atoms with Crippen LogP contribution in [-0.2, 0) is 10.5 Å². The summed E-state index contributed by atoms with van der Waals surface area (Å²) in [5.74, 6) is 0.935. The molecule has 3 rings (SSSR count). The number of hydrogen-bond donors (Lipinski definition) is 1. The fourth-order valence-corrected chi connectivity index (χ4v) is 4.23. The molecule has 0 saturated carbocycles. The third-order valence-electron chi connectivity index (χ3n) is 4.07. The first-order valence-electron chi connectivity index (χ1n) is 8.91. The van der Waals surface area contributed by atoms with Crippen LogP contribution >= 0.6 is 23.5 Å². The Balaban J connectivity index is 1.51. The average molecular weight is 394 g/mol. The summed E-state index contributed by atoms with van der Waals surface area (Å²) in [7, 11) is 0. The fourth-order valence-electron chi connectivity index (χ4n) is 2.49. The van der Waals surface area contributed by atoms with E-state index in [0.717, 1.165) is 16.3 Å². The molecule has 0 aliphatic heterocycles. The van der Waals surface area contributed by atoms with Gasteiger partial charge in [-0.3, -0.25) is 4.79 Å². The van der Waals surface area contributed by atoms with Gasteiger partial charge < -0.3 is 5.32 Å². The molecule has 1 amide bonds. The summed E-state index contributed by atoms with van der Waals surface area (Å²) in [6, 6.07) is 26.7. The summed E-state index contributed by atoms with van der Waals surface area (Å²) in [4.78, 5) is 14.8. The third-order valence-corrected chi connectivity index (χ3v) is 6.27. The van der Waals surface area contributed by atoms with Gasteiger partial charge in [0.25, 0.3) is 0 Å². The van der Waals surface area contributed by atoms with E-state index in [1.165, 1.54) is 16.0 Å². The van der Waals surface area contributed by atoms with Crippen molar-refractivity contribution in [1.82, 2.24) is 0 Å². The second-order valence-corrected chi connectivity index (χ2v) is 8.82. The minimum Gasteiger partial charge on any atom is -0.325 e. The lowest BCUT2D eigenvalue weighted by Gasteiger charge is -2.12. The summed E-state index contributed by atoms with van der Waals surface area (Å²) in [6.07, 6.45) is 0. The molecular formula is C23H23NOS2. The van der Waals surface area contributed by atoms with Crippen molar-refractivity contribution in [3.63, 3.8) is 0 Å². The molecule has 0 radical (unpaired) electrons. The molecule has 0 bridgehead atoms. The van der Waals surface area contributed by atoms with Gasteiger partial charge in [0.05, 0.1) is 5.25 Å². The zero-order chi connectivity index (χ0) is 19.1. The van der Waals surface area contributed by atoms with Crippen LogP contribution < -0.4 is 5.32 Å². The second-order valence-electron chi connectivity index (χ2n) is 6.36. The molecule has 0 aliphatic carbocycles. The van der Waals surface area contributed by atoms with Gasteiger partial charge in [-0.25, -0.2) is 0 Å². The topological polar surface area (TPSA) is 29.1 Å². The van der Waals surface area contributed by atoms with Gasteiger partial charge in [0, 0.05) is 21.2 Å². The number of hydrogen-bond acceptors (Lipinski definition) is 3. The van der Waals surface area contributed by atoms with E-state index in [0.29, 0.717) is 0 Å². The van der Waals surface area contributed by atoms with E-state index in [4.69, 9.17) is 0 Å². The molecule has 27 heavy (non-hydrogen) atoms. The Morgan fingerprint density at radius 3 is 2.22 bits per heavy atom. The zero-order valence-corrected chi connectivity index (χ0v) is 17.1. The fraction of sp³-hybridized carbons (Fsp3) is 0.174. The smallest absolute Gasteiger partial charge is 0.237 e. The number of amides is 1. The van der Waals surface area contributed by atoms with Crippen molar-refractivity contribution in [2.45, 2.75) is 34.6 Å². The van der Waals surface area contributed by atoms with Crippen LogP contribution in [0.15, 0.2) is 88.7 Å². The molecule has 2 nitrogen and oxygen atoms in total. The number of nitrogens with one attached hydrogen (secondary N) is 1. The molecular weight excluding hydrogens is 370 g/mol. The SMILES string of the molecule is Cc1ccc(S[C@@H](C)C(=O)Nc2ccc(CSc3ccccc3)cc2)cc1. The number of carbonyl (C=O) groups excluding carboxylic acids is 1. The molecule has 1 N–H and O–H groups in total. The Morgan fingerprint density at radius 1 is 0.889 bits per heavy atom. The third kappa shape index (κ3) is 6.19. The summed E-state index contributed by atoms with van der Waals surface area (Å²) in [5.41, 5.74) is 3.30. The lowest BCUT2D eigenvalue weighted by Crippen LogP contribution is -2.22. The zero-order valence-electron chi connectivity index (χ0n) is 15.5. The van der Waals surface area contributed by atoms with Crippen LogP contribution in [0.4, 0.5) is 5.69 Å². The highest BCUT2D eigenvalue weighted by Crippen LogP contribution is 2.25. The first-order valence-corrected chi connectivity index (χ1v) is 10.8. The maximum atomic E-state index is 12.4. The molecule has 138 valence electrons. The predicted octanol–water partition coefficient (Wildman–Crippen LogP) is 6.41. The number of aryl methyl sites for hydroxylation is 1. The van der Waals surface area contributed by atoms with Crippen LogP contribution in [0, 0.1) is 6.92 Å². The molecule has 0 aliphatic rings. The molecule has 0 heterocycles. The standard InChI is InChI=1S/C23H23NOS2/c1-17-8-14-22(15-9-17)27-18(2)23(25)24-20-12-10-19(11-13-20)16-26-21-6-4-3-5-7-21/h3-15,18H,16H2,1-2H3,(H,24,25)/t18-/m0/s1. The summed E-state index contributed by atoms with van der Waals surface area (Å²) >= 11 is 3.38. The molecule has 0 spiro atoms.